The Morgan fingerprint density at radius 2 is 0.684 bits per heavy atom. The smallest absolute Gasteiger partial charge is 0.182 e. The maximum atomic E-state index is 2.54. The minimum atomic E-state index is -2.51. The van der Waals surface area contributed by atoms with Gasteiger partial charge in [-0.2, -0.15) is 0 Å². The summed E-state index contributed by atoms with van der Waals surface area (Å²) in [6.07, 6.45) is 0. The first-order valence-electron chi connectivity index (χ1n) is 20.0. The Kier molecular flexibility index (Phi) is 6.18. The molecule has 2 heteroatoms. The molecule has 3 heterocycles. The Morgan fingerprint density at radius 3 is 1.19 bits per heavy atom. The molecule has 13 rings (SSSR count). The van der Waals surface area contributed by atoms with Gasteiger partial charge in [0.1, 0.15) is 0 Å². The van der Waals surface area contributed by atoms with E-state index in [1.807, 2.05) is 0 Å². The quantitative estimate of drug-likeness (QED) is 0.160. The molecule has 0 bridgehead atoms. The lowest BCUT2D eigenvalue weighted by molar-refractivity contribution is 0.752. The fourth-order valence-electron chi connectivity index (χ4n) is 11.4. The maximum Gasteiger partial charge on any atom is 0.182 e. The third-order valence-electron chi connectivity index (χ3n) is 13.5. The molecule has 0 unspecified atom stereocenters. The molecule has 0 aromatic heterocycles. The lowest BCUT2D eigenvalue weighted by atomic mass is 9.64. The lowest BCUT2D eigenvalue weighted by Gasteiger charge is -2.45. The maximum absolute atomic E-state index is 2.54. The van der Waals surface area contributed by atoms with E-state index in [-0.39, 0.29) is 0 Å². The van der Waals surface area contributed by atoms with Gasteiger partial charge in [0.15, 0.2) is 8.07 Å². The van der Waals surface area contributed by atoms with Crippen LogP contribution in [0.5, 0.6) is 0 Å². The number of rotatable bonds is 2. The molecule has 0 radical (unpaired) electrons. The highest BCUT2D eigenvalue weighted by atomic mass is 28.3. The van der Waals surface area contributed by atoms with E-state index in [4.69, 9.17) is 0 Å². The molecular weight excluding hydrogens is 703 g/mol. The molecule has 2 spiro atoms. The number of benzene rings is 9. The molecule has 1 nitrogen and oxygen atoms in total. The Balaban J connectivity index is 0.971. The summed E-state index contributed by atoms with van der Waals surface area (Å²) >= 11 is 0. The van der Waals surface area contributed by atoms with Crippen LogP contribution in [0.4, 0.5) is 17.1 Å². The van der Waals surface area contributed by atoms with E-state index in [1.54, 1.807) is 0 Å². The predicted octanol–water partition coefficient (Wildman–Crippen LogP) is 10.8. The lowest BCUT2D eigenvalue weighted by Crippen LogP contribution is -2.70. The van der Waals surface area contributed by atoms with Gasteiger partial charge in [-0.15, -0.1) is 0 Å². The number of nitrogens with zero attached hydrogens (tertiary/aromatic N) is 1. The van der Waals surface area contributed by atoms with Crippen LogP contribution in [0.15, 0.2) is 212 Å². The topological polar surface area (TPSA) is 3.24 Å². The Morgan fingerprint density at radius 1 is 0.298 bits per heavy atom. The van der Waals surface area contributed by atoms with Crippen LogP contribution in [-0.2, 0) is 5.41 Å². The summed E-state index contributed by atoms with van der Waals surface area (Å²) in [5, 5.41) is 6.04. The molecule has 0 saturated heterocycles. The average molecular weight is 738 g/mol. The molecule has 0 amide bonds. The van der Waals surface area contributed by atoms with Gasteiger partial charge in [0.05, 0.1) is 16.8 Å². The van der Waals surface area contributed by atoms with Gasteiger partial charge in [0.2, 0.25) is 0 Å². The largest absolute Gasteiger partial charge is 0.310 e. The molecule has 0 atom stereocenters. The second kappa shape index (κ2) is 11.3. The summed E-state index contributed by atoms with van der Waals surface area (Å²) in [6.45, 7) is 0. The van der Waals surface area contributed by atoms with Gasteiger partial charge in [0.25, 0.3) is 0 Å². The summed E-state index contributed by atoms with van der Waals surface area (Å²) in [6, 6.07) is 80.4. The Bertz CT molecular complexity index is 3000. The second-order valence-electron chi connectivity index (χ2n) is 15.9. The molecule has 264 valence electrons. The van der Waals surface area contributed by atoms with Crippen LogP contribution in [0.1, 0.15) is 22.3 Å². The summed E-state index contributed by atoms with van der Waals surface area (Å²) in [4.78, 5) is 2.48. The third kappa shape index (κ3) is 3.79. The van der Waals surface area contributed by atoms with Gasteiger partial charge in [-0.05, 0) is 112 Å². The predicted molar refractivity (Wildman–Crippen MR) is 239 cm³/mol. The molecule has 0 saturated carbocycles. The van der Waals surface area contributed by atoms with Crippen molar-refractivity contribution < 1.29 is 0 Å². The van der Waals surface area contributed by atoms with E-state index < -0.39 is 13.5 Å². The fraction of sp³-hybridized carbons (Fsp3) is 0.0182. The number of anilines is 3. The van der Waals surface area contributed by atoms with E-state index in [0.29, 0.717) is 0 Å². The number of hydrogen-bond donors (Lipinski definition) is 0. The SMILES string of the molecule is c1ccc2c(c1)-c1ccccc1C21c2ccccc2N(c2ccc(-c3ccc4c(c3)[Si]3(c5ccccc5-c5ccccc53)c3ccccc3-4)cc2)c2ccccc21. The summed E-state index contributed by atoms with van der Waals surface area (Å²) in [7, 11) is -2.51. The van der Waals surface area contributed by atoms with Gasteiger partial charge in [-0.3, -0.25) is 0 Å². The van der Waals surface area contributed by atoms with Crippen molar-refractivity contribution in [3.63, 3.8) is 0 Å². The van der Waals surface area contributed by atoms with E-state index in [0.717, 1.165) is 5.69 Å². The number of hydrogen-bond acceptors (Lipinski definition) is 1. The molecule has 0 fully saturated rings. The minimum absolute atomic E-state index is 0.407. The van der Waals surface area contributed by atoms with Crippen LogP contribution in [0, 0.1) is 0 Å². The molecule has 9 aromatic rings. The monoisotopic (exact) mass is 737 g/mol. The minimum Gasteiger partial charge on any atom is -0.310 e. The second-order valence-corrected chi connectivity index (χ2v) is 19.6. The van der Waals surface area contributed by atoms with Crippen LogP contribution in [0.25, 0.3) is 44.5 Å². The van der Waals surface area contributed by atoms with Crippen molar-refractivity contribution in [2.24, 2.45) is 0 Å². The highest BCUT2D eigenvalue weighted by Gasteiger charge is 2.54. The van der Waals surface area contributed by atoms with Crippen LogP contribution in [-0.4, -0.2) is 8.07 Å². The van der Waals surface area contributed by atoms with Crippen molar-refractivity contribution in [3.8, 4) is 44.5 Å². The molecule has 57 heavy (non-hydrogen) atoms. The van der Waals surface area contributed by atoms with Crippen molar-refractivity contribution in [3.05, 3.63) is 235 Å². The van der Waals surface area contributed by atoms with Crippen molar-refractivity contribution in [1.29, 1.82) is 0 Å². The third-order valence-corrected chi connectivity index (χ3v) is 18.5. The first kappa shape index (κ1) is 31.2. The zero-order valence-corrected chi connectivity index (χ0v) is 32.2. The van der Waals surface area contributed by atoms with Crippen LogP contribution >= 0.6 is 0 Å². The Hall–Kier alpha value is -7.00. The molecule has 4 aliphatic rings. The Labute approximate surface area is 333 Å². The first-order valence-corrected chi connectivity index (χ1v) is 22.0. The highest BCUT2D eigenvalue weighted by Crippen LogP contribution is 2.63. The van der Waals surface area contributed by atoms with Crippen LogP contribution in [0.2, 0.25) is 0 Å². The summed E-state index contributed by atoms with van der Waals surface area (Å²) in [5.74, 6) is 0. The van der Waals surface area contributed by atoms with Crippen molar-refractivity contribution >= 4 is 45.9 Å². The van der Waals surface area contributed by atoms with Crippen molar-refractivity contribution in [2.45, 2.75) is 5.41 Å². The van der Waals surface area contributed by atoms with E-state index >= 15 is 0 Å². The van der Waals surface area contributed by atoms with Gasteiger partial charge in [0, 0.05) is 5.69 Å². The first-order chi connectivity index (χ1) is 28.3. The zero-order valence-electron chi connectivity index (χ0n) is 31.2. The van der Waals surface area contributed by atoms with Crippen LogP contribution in [0.3, 0.4) is 0 Å². The van der Waals surface area contributed by atoms with E-state index in [9.17, 15) is 0 Å². The van der Waals surface area contributed by atoms with Gasteiger partial charge in [-0.25, -0.2) is 0 Å². The normalized spacial score (nSPS) is 14.9. The van der Waals surface area contributed by atoms with Crippen molar-refractivity contribution in [2.75, 3.05) is 4.90 Å². The van der Waals surface area contributed by atoms with Gasteiger partial charge >= 0.3 is 0 Å². The number of para-hydroxylation sites is 2. The number of fused-ring (bicyclic) bond motifs is 19. The molecule has 9 aromatic carbocycles. The van der Waals surface area contributed by atoms with E-state index in [2.05, 4.69) is 217 Å². The molecule has 1 aliphatic carbocycles. The summed E-state index contributed by atoms with van der Waals surface area (Å²) < 4.78 is 0. The molecule has 3 aliphatic heterocycles. The molecule has 0 N–H and O–H groups in total. The van der Waals surface area contributed by atoms with Crippen LogP contribution < -0.4 is 25.6 Å². The van der Waals surface area contributed by atoms with Gasteiger partial charge < -0.3 is 4.90 Å². The zero-order chi connectivity index (χ0) is 37.3. The van der Waals surface area contributed by atoms with Crippen molar-refractivity contribution in [1.82, 2.24) is 0 Å². The van der Waals surface area contributed by atoms with E-state index in [1.165, 1.54) is 98.9 Å². The fourth-order valence-corrected chi connectivity index (χ4v) is 17.1. The summed E-state index contributed by atoms with van der Waals surface area (Å²) in [5.41, 5.74) is 19.2. The standard InChI is InChI=1S/C55H35NSi/c1-6-20-45-39(15-1)40-16-2-7-21-46(40)55(45)47-22-8-10-24-49(47)56(50-25-11-9-23-48(50)55)38-32-29-36(30-33-38)37-31-34-44-43-19-5-14-28-53(43)57(54(44)35-37)51-26-12-3-17-41(51)42-18-4-13-27-52(42)57/h1-35H. The average Bonchev–Trinajstić information content (AvgIpc) is 3.87. The highest BCUT2D eigenvalue weighted by molar-refractivity contribution is 7.24. The van der Waals surface area contributed by atoms with Gasteiger partial charge in [-0.1, -0.05) is 188 Å². The molecular formula is C55H35NSi.